The van der Waals surface area contributed by atoms with E-state index in [4.69, 9.17) is 10.5 Å². The van der Waals surface area contributed by atoms with Gasteiger partial charge in [-0.1, -0.05) is 0 Å². The first-order valence-electron chi connectivity index (χ1n) is 5.79. The van der Waals surface area contributed by atoms with Gasteiger partial charge < -0.3 is 15.6 Å². The summed E-state index contributed by atoms with van der Waals surface area (Å²) in [6.45, 7) is 1.45. The minimum atomic E-state index is -0.748. The maximum atomic E-state index is 13.5. The first-order chi connectivity index (χ1) is 9.40. The number of benzene rings is 1. The molecule has 1 heterocycles. The third-order valence-corrected chi connectivity index (χ3v) is 2.51. The van der Waals surface area contributed by atoms with Crippen LogP contribution in [0.1, 0.15) is 6.92 Å². The highest BCUT2D eigenvalue weighted by Crippen LogP contribution is 2.26. The van der Waals surface area contributed by atoms with Crippen molar-refractivity contribution in [2.75, 3.05) is 12.3 Å². The number of rotatable bonds is 4. The molecule has 2 rings (SSSR count). The number of aliphatic hydroxyl groups is 1. The van der Waals surface area contributed by atoms with Gasteiger partial charge in [-0.25, -0.2) is 9.18 Å². The average Bonchev–Trinajstić information content (AvgIpc) is 2.71. The molecule has 0 saturated heterocycles. The van der Waals surface area contributed by atoms with Gasteiger partial charge in [0, 0.05) is 13.1 Å². The zero-order valence-corrected chi connectivity index (χ0v) is 10.9. The number of aryl methyl sites for hydroxylation is 1. The van der Waals surface area contributed by atoms with Crippen LogP contribution < -0.4 is 16.2 Å². The lowest BCUT2D eigenvalue weighted by Gasteiger charge is -2.13. The van der Waals surface area contributed by atoms with Gasteiger partial charge in [0.05, 0.1) is 11.8 Å². The molecule has 0 aliphatic carbocycles. The van der Waals surface area contributed by atoms with Gasteiger partial charge >= 0.3 is 5.69 Å². The molecule has 1 unspecified atom stereocenters. The first kappa shape index (κ1) is 14.0. The summed E-state index contributed by atoms with van der Waals surface area (Å²) in [5.41, 5.74) is 4.96. The van der Waals surface area contributed by atoms with Crippen molar-refractivity contribution in [1.29, 1.82) is 0 Å². The Morgan fingerprint density at radius 2 is 2.20 bits per heavy atom. The maximum Gasteiger partial charge on any atom is 0.368 e. The Balaban J connectivity index is 2.52. The van der Waals surface area contributed by atoms with Crippen molar-refractivity contribution < 1.29 is 14.2 Å². The molecule has 0 fully saturated rings. The summed E-state index contributed by atoms with van der Waals surface area (Å²) in [5.74, 6) is -0.647. The fraction of sp³-hybridized carbons (Fsp3) is 0.364. The van der Waals surface area contributed by atoms with Gasteiger partial charge in [-0.2, -0.15) is 9.36 Å². The van der Waals surface area contributed by atoms with Crippen LogP contribution in [0.2, 0.25) is 0 Å². The van der Waals surface area contributed by atoms with Crippen molar-refractivity contribution in [2.45, 2.75) is 13.0 Å². The Morgan fingerprint density at radius 1 is 1.50 bits per heavy atom. The number of aliphatic hydroxyl groups excluding tert-OH is 1. The topological polar surface area (TPSA) is 108 Å². The van der Waals surface area contributed by atoms with Gasteiger partial charge in [-0.15, -0.1) is 0 Å². The second-order valence-corrected chi connectivity index (χ2v) is 4.30. The summed E-state index contributed by atoms with van der Waals surface area (Å²) in [4.78, 5) is 11.8. The molecule has 2 aromatic rings. The molecule has 9 heteroatoms. The second-order valence-electron chi connectivity index (χ2n) is 4.30. The number of tetrazole rings is 1. The molecule has 1 atom stereocenters. The summed E-state index contributed by atoms with van der Waals surface area (Å²) in [7, 11) is 1.43. The highest BCUT2D eigenvalue weighted by molar-refractivity contribution is 5.56. The van der Waals surface area contributed by atoms with E-state index >= 15 is 0 Å². The largest absolute Gasteiger partial charge is 0.489 e. The number of nitrogens with two attached hydrogens (primary N) is 1. The van der Waals surface area contributed by atoms with Crippen molar-refractivity contribution in [1.82, 2.24) is 19.8 Å². The first-order valence-corrected chi connectivity index (χ1v) is 5.79. The van der Waals surface area contributed by atoms with Crippen molar-refractivity contribution in [2.24, 2.45) is 7.05 Å². The number of halogens is 1. The molecular formula is C11H14FN5O3. The molecule has 0 radical (unpaired) electrons. The zero-order valence-electron chi connectivity index (χ0n) is 10.9. The van der Waals surface area contributed by atoms with Crippen LogP contribution in [0.4, 0.5) is 10.1 Å². The van der Waals surface area contributed by atoms with E-state index in [-0.39, 0.29) is 23.7 Å². The van der Waals surface area contributed by atoms with E-state index < -0.39 is 17.6 Å². The number of ether oxygens (including phenoxy) is 1. The van der Waals surface area contributed by atoms with Crippen molar-refractivity contribution in [3.05, 3.63) is 28.4 Å². The fourth-order valence-corrected chi connectivity index (χ4v) is 1.52. The number of aromatic nitrogens is 4. The SMILES string of the molecule is CC(O)COc1cc(F)c(N)cc1-n1nnn(C)c1=O. The van der Waals surface area contributed by atoms with E-state index in [0.717, 1.165) is 15.4 Å². The van der Waals surface area contributed by atoms with Crippen molar-refractivity contribution in [3.8, 4) is 11.4 Å². The minimum Gasteiger partial charge on any atom is -0.489 e. The summed E-state index contributed by atoms with van der Waals surface area (Å²) in [5, 5.41) is 16.4. The Kier molecular flexibility index (Phi) is 3.70. The summed E-state index contributed by atoms with van der Waals surface area (Å²) in [6.07, 6.45) is -0.748. The van der Waals surface area contributed by atoms with Crippen molar-refractivity contribution >= 4 is 5.69 Å². The van der Waals surface area contributed by atoms with E-state index in [2.05, 4.69) is 10.4 Å². The quantitative estimate of drug-likeness (QED) is 0.729. The van der Waals surface area contributed by atoms with E-state index in [1.54, 1.807) is 0 Å². The highest BCUT2D eigenvalue weighted by Gasteiger charge is 2.16. The Morgan fingerprint density at radius 3 is 2.75 bits per heavy atom. The van der Waals surface area contributed by atoms with Crippen LogP contribution >= 0.6 is 0 Å². The number of nitrogen functional groups attached to an aromatic ring is 1. The predicted octanol–water partition coefficient (Wildman–Crippen LogP) is -0.553. The lowest BCUT2D eigenvalue weighted by atomic mass is 10.2. The standard InChI is InChI=1S/C11H14FN5O3/c1-6(18)5-20-10-3-7(12)8(13)4-9(10)17-11(19)16(2)14-15-17/h3-4,6,18H,5,13H2,1-2H3. The zero-order chi connectivity index (χ0) is 14.9. The minimum absolute atomic E-state index is 0.0419. The molecule has 0 saturated carbocycles. The smallest absolute Gasteiger partial charge is 0.368 e. The van der Waals surface area contributed by atoms with E-state index in [1.807, 2.05) is 0 Å². The summed E-state index contributed by atoms with van der Waals surface area (Å²) in [6, 6.07) is 2.26. The van der Waals surface area contributed by atoms with Gasteiger partial charge in [0.2, 0.25) is 0 Å². The molecule has 20 heavy (non-hydrogen) atoms. The van der Waals surface area contributed by atoms with Gasteiger partial charge in [-0.05, 0) is 23.4 Å². The highest BCUT2D eigenvalue weighted by atomic mass is 19.1. The average molecular weight is 283 g/mol. The lowest BCUT2D eigenvalue weighted by molar-refractivity contribution is 0.122. The van der Waals surface area contributed by atoms with Crippen LogP contribution in [0.25, 0.3) is 5.69 Å². The van der Waals surface area contributed by atoms with E-state index in [1.165, 1.54) is 20.0 Å². The normalized spacial score (nSPS) is 12.4. The molecule has 8 nitrogen and oxygen atoms in total. The van der Waals surface area contributed by atoms with Crippen LogP contribution in [0.5, 0.6) is 5.75 Å². The molecule has 108 valence electrons. The van der Waals surface area contributed by atoms with Crippen molar-refractivity contribution in [3.63, 3.8) is 0 Å². The molecule has 0 aliphatic rings. The number of hydrogen-bond donors (Lipinski definition) is 2. The molecule has 0 bridgehead atoms. The fourth-order valence-electron chi connectivity index (χ4n) is 1.52. The van der Waals surface area contributed by atoms with Crippen LogP contribution in [-0.2, 0) is 7.05 Å². The van der Waals surface area contributed by atoms with Gasteiger partial charge in [-0.3, -0.25) is 0 Å². The van der Waals surface area contributed by atoms with Crippen LogP contribution in [0.15, 0.2) is 16.9 Å². The van der Waals surface area contributed by atoms with Crippen LogP contribution in [0, 0.1) is 5.82 Å². The van der Waals surface area contributed by atoms with Crippen LogP contribution in [0.3, 0.4) is 0 Å². The van der Waals surface area contributed by atoms with E-state index in [9.17, 15) is 14.3 Å². The number of anilines is 1. The van der Waals surface area contributed by atoms with Gasteiger partial charge in [0.1, 0.15) is 23.9 Å². The third-order valence-electron chi connectivity index (χ3n) is 2.51. The third kappa shape index (κ3) is 2.62. The van der Waals surface area contributed by atoms with Crippen LogP contribution in [-0.4, -0.2) is 37.6 Å². The number of hydrogen-bond acceptors (Lipinski definition) is 6. The summed E-state index contributed by atoms with van der Waals surface area (Å²) >= 11 is 0. The van der Waals surface area contributed by atoms with E-state index in [0.29, 0.717) is 0 Å². The Hall–Kier alpha value is -2.42. The monoisotopic (exact) mass is 283 g/mol. The molecule has 1 aromatic heterocycles. The molecule has 0 spiro atoms. The molecular weight excluding hydrogens is 269 g/mol. The Labute approximate surface area is 113 Å². The maximum absolute atomic E-state index is 13.5. The lowest BCUT2D eigenvalue weighted by Crippen LogP contribution is -2.23. The molecule has 1 aromatic carbocycles. The second kappa shape index (κ2) is 5.29. The van der Waals surface area contributed by atoms with Gasteiger partial charge in [0.15, 0.2) is 0 Å². The predicted molar refractivity (Wildman–Crippen MR) is 68.1 cm³/mol. The number of nitrogens with zero attached hydrogens (tertiary/aromatic N) is 4. The summed E-state index contributed by atoms with van der Waals surface area (Å²) < 4.78 is 20.7. The molecule has 0 amide bonds. The Bertz CT molecular complexity index is 679. The molecule has 3 N–H and O–H groups in total. The van der Waals surface area contributed by atoms with Gasteiger partial charge in [0.25, 0.3) is 0 Å². The molecule has 0 aliphatic heterocycles.